The first-order chi connectivity index (χ1) is 6.18. The van der Waals surface area contributed by atoms with Gasteiger partial charge in [-0.25, -0.2) is 4.79 Å². The molecule has 0 spiro atoms. The molecule has 0 amide bonds. The molecule has 0 aliphatic carbocycles. The van der Waals surface area contributed by atoms with Crippen LogP contribution in [0.25, 0.3) is 0 Å². The van der Waals surface area contributed by atoms with Crippen LogP contribution in [0.15, 0.2) is 12.2 Å². The summed E-state index contributed by atoms with van der Waals surface area (Å²) in [6.45, 7) is 4.52. The molecule has 0 aromatic heterocycles. The van der Waals surface area contributed by atoms with Gasteiger partial charge >= 0.3 is 5.97 Å². The fourth-order valence-corrected chi connectivity index (χ4v) is 0.792. The molecule has 3 nitrogen and oxygen atoms in total. The van der Waals surface area contributed by atoms with E-state index in [0.717, 1.165) is 25.8 Å². The number of carbonyl (C=O) groups is 1. The van der Waals surface area contributed by atoms with Gasteiger partial charge in [-0.15, -0.1) is 12.3 Å². The summed E-state index contributed by atoms with van der Waals surface area (Å²) in [6, 6.07) is 0. The highest BCUT2D eigenvalue weighted by Gasteiger charge is 2.01. The zero-order valence-electron chi connectivity index (χ0n) is 7.68. The van der Waals surface area contributed by atoms with Crippen molar-refractivity contribution in [2.75, 3.05) is 13.1 Å². The van der Waals surface area contributed by atoms with Crippen LogP contribution in [-0.4, -0.2) is 24.2 Å². The Morgan fingerprint density at radius 3 is 2.77 bits per heavy atom. The standard InChI is InChI=1S/C10H15NO2/c1-3-4-5-6-7-11-8-9(2)10(12)13/h1,11H,2,4-8H2,(H,12,13). The second-order valence-electron chi connectivity index (χ2n) is 2.75. The van der Waals surface area contributed by atoms with Gasteiger partial charge in [-0.05, 0) is 19.4 Å². The number of terminal acetylenes is 1. The van der Waals surface area contributed by atoms with Crippen molar-refractivity contribution in [3.05, 3.63) is 12.2 Å². The van der Waals surface area contributed by atoms with E-state index in [1.54, 1.807) is 0 Å². The van der Waals surface area contributed by atoms with Gasteiger partial charge in [-0.2, -0.15) is 0 Å². The predicted molar refractivity (Wildman–Crippen MR) is 52.3 cm³/mol. The lowest BCUT2D eigenvalue weighted by Gasteiger charge is -2.02. The topological polar surface area (TPSA) is 49.3 Å². The van der Waals surface area contributed by atoms with Gasteiger partial charge in [0.15, 0.2) is 0 Å². The summed E-state index contributed by atoms with van der Waals surface area (Å²) in [6.07, 6.45) is 7.79. The van der Waals surface area contributed by atoms with E-state index >= 15 is 0 Å². The summed E-state index contributed by atoms with van der Waals surface area (Å²) in [4.78, 5) is 10.3. The SMILES string of the molecule is C#CCCCCNCC(=C)C(=O)O. The van der Waals surface area contributed by atoms with Crippen LogP contribution in [0.3, 0.4) is 0 Å². The third kappa shape index (κ3) is 7.10. The molecular formula is C10H15NO2. The lowest BCUT2D eigenvalue weighted by molar-refractivity contribution is -0.132. The molecule has 0 saturated carbocycles. The first-order valence-corrected chi connectivity index (χ1v) is 4.23. The quantitative estimate of drug-likeness (QED) is 0.350. The highest BCUT2D eigenvalue weighted by atomic mass is 16.4. The Bertz CT molecular complexity index is 215. The minimum atomic E-state index is -0.948. The average Bonchev–Trinajstić information content (AvgIpc) is 2.10. The van der Waals surface area contributed by atoms with Crippen molar-refractivity contribution in [3.8, 4) is 12.3 Å². The van der Waals surface area contributed by atoms with Crippen LogP contribution in [0.1, 0.15) is 19.3 Å². The summed E-state index contributed by atoms with van der Waals surface area (Å²) >= 11 is 0. The summed E-state index contributed by atoms with van der Waals surface area (Å²) < 4.78 is 0. The highest BCUT2D eigenvalue weighted by Crippen LogP contribution is 1.92. The molecule has 0 aliphatic rings. The number of aliphatic carboxylic acids is 1. The van der Waals surface area contributed by atoms with Crippen molar-refractivity contribution in [2.45, 2.75) is 19.3 Å². The maximum Gasteiger partial charge on any atom is 0.332 e. The molecule has 0 rings (SSSR count). The summed E-state index contributed by atoms with van der Waals surface area (Å²) in [5, 5.41) is 11.4. The summed E-state index contributed by atoms with van der Waals surface area (Å²) in [5.41, 5.74) is 0.192. The first kappa shape index (κ1) is 11.7. The molecular weight excluding hydrogens is 166 g/mol. The van der Waals surface area contributed by atoms with Crippen LogP contribution >= 0.6 is 0 Å². The molecule has 0 aliphatic heterocycles. The molecule has 0 radical (unpaired) electrons. The van der Waals surface area contributed by atoms with Crippen molar-refractivity contribution in [1.82, 2.24) is 5.32 Å². The van der Waals surface area contributed by atoms with Crippen LogP contribution in [0, 0.1) is 12.3 Å². The van der Waals surface area contributed by atoms with Gasteiger partial charge in [-0.3, -0.25) is 0 Å². The van der Waals surface area contributed by atoms with Gasteiger partial charge in [0.1, 0.15) is 0 Å². The molecule has 0 unspecified atom stereocenters. The molecule has 3 heteroatoms. The number of carboxylic acid groups (broad SMARTS) is 1. The zero-order chi connectivity index (χ0) is 10.1. The number of carboxylic acids is 1. The molecule has 2 N–H and O–H groups in total. The highest BCUT2D eigenvalue weighted by molar-refractivity contribution is 5.86. The maximum absolute atomic E-state index is 10.3. The lowest BCUT2D eigenvalue weighted by Crippen LogP contribution is -2.21. The number of unbranched alkanes of at least 4 members (excludes halogenated alkanes) is 2. The fourth-order valence-electron chi connectivity index (χ4n) is 0.792. The van der Waals surface area contributed by atoms with Crippen LogP contribution in [0.4, 0.5) is 0 Å². The Morgan fingerprint density at radius 1 is 1.54 bits per heavy atom. The van der Waals surface area contributed by atoms with Crippen LogP contribution in [-0.2, 0) is 4.79 Å². The molecule has 0 atom stereocenters. The number of nitrogens with one attached hydrogen (secondary N) is 1. The van der Waals surface area contributed by atoms with Crippen LogP contribution in [0.2, 0.25) is 0 Å². The van der Waals surface area contributed by atoms with Gasteiger partial charge in [0.2, 0.25) is 0 Å². The van der Waals surface area contributed by atoms with E-state index in [9.17, 15) is 4.79 Å². The van der Waals surface area contributed by atoms with E-state index in [0.29, 0.717) is 6.54 Å². The third-order valence-electron chi connectivity index (χ3n) is 1.57. The van der Waals surface area contributed by atoms with Crippen molar-refractivity contribution in [1.29, 1.82) is 0 Å². The third-order valence-corrected chi connectivity index (χ3v) is 1.57. The summed E-state index contributed by atoms with van der Waals surface area (Å²) in [5.74, 6) is 1.60. The normalized spacial score (nSPS) is 9.15. The molecule has 72 valence electrons. The first-order valence-electron chi connectivity index (χ1n) is 4.23. The van der Waals surface area contributed by atoms with Gasteiger partial charge in [0.05, 0.1) is 0 Å². The van der Waals surface area contributed by atoms with Gasteiger partial charge < -0.3 is 10.4 Å². The lowest BCUT2D eigenvalue weighted by atomic mass is 10.2. The van der Waals surface area contributed by atoms with Crippen molar-refractivity contribution >= 4 is 5.97 Å². The smallest absolute Gasteiger partial charge is 0.332 e. The van der Waals surface area contributed by atoms with E-state index in [1.807, 2.05) is 0 Å². The molecule has 0 aromatic carbocycles. The zero-order valence-corrected chi connectivity index (χ0v) is 7.68. The number of rotatable bonds is 7. The van der Waals surface area contributed by atoms with E-state index in [4.69, 9.17) is 11.5 Å². The van der Waals surface area contributed by atoms with Crippen molar-refractivity contribution < 1.29 is 9.90 Å². The monoisotopic (exact) mass is 181 g/mol. The van der Waals surface area contributed by atoms with Crippen LogP contribution < -0.4 is 5.32 Å². The number of hydrogen-bond acceptors (Lipinski definition) is 2. The molecule has 13 heavy (non-hydrogen) atoms. The Hall–Kier alpha value is -1.27. The minimum absolute atomic E-state index is 0.192. The van der Waals surface area contributed by atoms with E-state index < -0.39 is 5.97 Å². The van der Waals surface area contributed by atoms with E-state index in [2.05, 4.69) is 17.8 Å². The second kappa shape index (κ2) is 7.38. The molecule has 0 aromatic rings. The van der Waals surface area contributed by atoms with Crippen LogP contribution in [0.5, 0.6) is 0 Å². The van der Waals surface area contributed by atoms with Crippen molar-refractivity contribution in [3.63, 3.8) is 0 Å². The average molecular weight is 181 g/mol. The summed E-state index contributed by atoms with van der Waals surface area (Å²) in [7, 11) is 0. The maximum atomic E-state index is 10.3. The molecule has 0 bridgehead atoms. The Kier molecular flexibility index (Phi) is 6.66. The molecule has 0 saturated heterocycles. The van der Waals surface area contributed by atoms with Gasteiger partial charge in [-0.1, -0.05) is 6.58 Å². The fraction of sp³-hybridized carbons (Fsp3) is 0.500. The van der Waals surface area contributed by atoms with Gasteiger partial charge in [0, 0.05) is 18.5 Å². The predicted octanol–water partition coefficient (Wildman–Crippen LogP) is 1.02. The second-order valence-corrected chi connectivity index (χ2v) is 2.75. The van der Waals surface area contributed by atoms with Crippen molar-refractivity contribution in [2.24, 2.45) is 0 Å². The Labute approximate surface area is 78.8 Å². The number of hydrogen-bond donors (Lipinski definition) is 2. The minimum Gasteiger partial charge on any atom is -0.478 e. The Morgan fingerprint density at radius 2 is 2.23 bits per heavy atom. The Balaban J connectivity index is 3.22. The van der Waals surface area contributed by atoms with Gasteiger partial charge in [0.25, 0.3) is 0 Å². The largest absolute Gasteiger partial charge is 0.478 e. The van der Waals surface area contributed by atoms with E-state index in [-0.39, 0.29) is 5.57 Å². The molecule has 0 fully saturated rings. The van der Waals surface area contributed by atoms with E-state index in [1.165, 1.54) is 0 Å². The molecule has 0 heterocycles.